The predicted octanol–water partition coefficient (Wildman–Crippen LogP) is 4.95. The Bertz CT molecular complexity index is 989. The normalized spacial score (nSPS) is 14.3. The van der Waals surface area contributed by atoms with Crippen molar-refractivity contribution in [1.29, 1.82) is 0 Å². The molecule has 1 aliphatic heterocycles. The van der Waals surface area contributed by atoms with Crippen LogP contribution in [0.3, 0.4) is 0 Å². The first-order valence-electron chi connectivity index (χ1n) is 9.20. The fourth-order valence-electron chi connectivity index (χ4n) is 3.38. The van der Waals surface area contributed by atoms with Gasteiger partial charge < -0.3 is 4.90 Å². The van der Waals surface area contributed by atoms with Gasteiger partial charge in [0.25, 0.3) is 0 Å². The average molecular weight is 375 g/mol. The second-order valence-electron chi connectivity index (χ2n) is 6.83. The number of carbonyl (C=O) groups excluding carboxylic acids is 1. The minimum Gasteiger partial charge on any atom is -0.338 e. The monoisotopic (exact) mass is 374 g/mol. The summed E-state index contributed by atoms with van der Waals surface area (Å²) in [6, 6.07) is 16.7. The molecule has 3 nitrogen and oxygen atoms in total. The zero-order valence-corrected chi connectivity index (χ0v) is 16.2. The highest BCUT2D eigenvalue weighted by atomic mass is 32.2. The molecule has 0 atom stereocenters. The highest BCUT2D eigenvalue weighted by Gasteiger charge is 2.19. The Hall–Kier alpha value is -2.59. The minimum absolute atomic E-state index is 0.201. The number of rotatable bonds is 4. The standard InChI is InChI=1S/C23H22N2OS/c1-17-6-8-20(9-7-17)27-16-23(26)25-12-10-18(11-13-25)22-15-24-14-19-4-2-3-5-21(19)22/h2-10,14-15H,11-13,16H2,1H3. The molecule has 1 aromatic heterocycles. The van der Waals surface area contributed by atoms with Gasteiger partial charge in [-0.2, -0.15) is 0 Å². The molecule has 1 amide bonds. The van der Waals surface area contributed by atoms with Crippen LogP contribution in [0.25, 0.3) is 16.3 Å². The van der Waals surface area contributed by atoms with E-state index in [9.17, 15) is 4.79 Å². The fourth-order valence-corrected chi connectivity index (χ4v) is 4.18. The number of aryl methyl sites for hydroxylation is 1. The van der Waals surface area contributed by atoms with Gasteiger partial charge in [0.15, 0.2) is 0 Å². The molecule has 0 saturated heterocycles. The van der Waals surface area contributed by atoms with Gasteiger partial charge in [0.2, 0.25) is 5.91 Å². The van der Waals surface area contributed by atoms with Crippen LogP contribution in [0.4, 0.5) is 0 Å². The largest absolute Gasteiger partial charge is 0.338 e. The van der Waals surface area contributed by atoms with Crippen LogP contribution in [-0.4, -0.2) is 34.6 Å². The van der Waals surface area contributed by atoms with Crippen LogP contribution in [0.2, 0.25) is 0 Å². The number of pyridine rings is 1. The molecule has 0 bridgehead atoms. The first-order valence-corrected chi connectivity index (χ1v) is 10.2. The predicted molar refractivity (Wildman–Crippen MR) is 113 cm³/mol. The maximum absolute atomic E-state index is 12.6. The van der Waals surface area contributed by atoms with Crippen molar-refractivity contribution in [3.8, 4) is 0 Å². The lowest BCUT2D eigenvalue weighted by Crippen LogP contribution is -2.35. The lowest BCUT2D eigenvalue weighted by Gasteiger charge is -2.27. The fraction of sp³-hybridized carbons (Fsp3) is 0.217. The molecular weight excluding hydrogens is 352 g/mol. The van der Waals surface area contributed by atoms with Crippen molar-refractivity contribution in [2.24, 2.45) is 0 Å². The summed E-state index contributed by atoms with van der Waals surface area (Å²) in [5, 5.41) is 2.39. The number of thioether (sulfide) groups is 1. The third-order valence-electron chi connectivity index (χ3n) is 4.96. The van der Waals surface area contributed by atoms with Gasteiger partial charge in [-0.25, -0.2) is 0 Å². The Morgan fingerprint density at radius 3 is 2.70 bits per heavy atom. The number of aromatic nitrogens is 1. The number of carbonyl (C=O) groups is 1. The molecule has 0 unspecified atom stereocenters. The summed E-state index contributed by atoms with van der Waals surface area (Å²) in [6.07, 6.45) is 6.90. The molecule has 0 aliphatic carbocycles. The average Bonchev–Trinajstić information content (AvgIpc) is 2.73. The summed E-state index contributed by atoms with van der Waals surface area (Å²) < 4.78 is 0. The molecule has 1 aliphatic rings. The van der Waals surface area contributed by atoms with E-state index in [0.29, 0.717) is 12.3 Å². The van der Waals surface area contributed by atoms with Gasteiger partial charge in [-0.3, -0.25) is 9.78 Å². The molecule has 27 heavy (non-hydrogen) atoms. The van der Waals surface area contributed by atoms with E-state index in [1.54, 1.807) is 11.8 Å². The topological polar surface area (TPSA) is 33.2 Å². The van der Waals surface area contributed by atoms with Crippen LogP contribution >= 0.6 is 11.8 Å². The molecule has 0 spiro atoms. The lowest BCUT2D eigenvalue weighted by molar-refractivity contribution is -0.127. The van der Waals surface area contributed by atoms with Crippen LogP contribution in [-0.2, 0) is 4.79 Å². The first-order chi connectivity index (χ1) is 13.2. The van der Waals surface area contributed by atoms with Crippen LogP contribution in [0.5, 0.6) is 0 Å². The SMILES string of the molecule is Cc1ccc(SCC(=O)N2CC=C(c3cncc4ccccc34)CC2)cc1. The lowest BCUT2D eigenvalue weighted by atomic mass is 9.96. The molecular formula is C23H22N2OS. The third-order valence-corrected chi connectivity index (χ3v) is 5.96. The van der Waals surface area contributed by atoms with Gasteiger partial charge in [0, 0.05) is 41.3 Å². The number of fused-ring (bicyclic) bond motifs is 1. The van der Waals surface area contributed by atoms with Crippen LogP contribution in [0.1, 0.15) is 17.5 Å². The quantitative estimate of drug-likeness (QED) is 0.606. The Morgan fingerprint density at radius 1 is 1.11 bits per heavy atom. The van der Waals surface area contributed by atoms with E-state index in [1.165, 1.54) is 22.1 Å². The van der Waals surface area contributed by atoms with Crippen molar-refractivity contribution in [3.05, 3.63) is 78.1 Å². The molecule has 2 heterocycles. The highest BCUT2D eigenvalue weighted by molar-refractivity contribution is 8.00. The van der Waals surface area contributed by atoms with Crippen LogP contribution in [0, 0.1) is 6.92 Å². The molecule has 2 aromatic carbocycles. The molecule has 0 saturated carbocycles. The molecule has 0 radical (unpaired) electrons. The second-order valence-corrected chi connectivity index (χ2v) is 7.88. The van der Waals surface area contributed by atoms with E-state index in [2.05, 4.69) is 60.4 Å². The minimum atomic E-state index is 0.201. The van der Waals surface area contributed by atoms with Crippen molar-refractivity contribution in [2.45, 2.75) is 18.2 Å². The highest BCUT2D eigenvalue weighted by Crippen LogP contribution is 2.28. The Labute approximate surface area is 164 Å². The van der Waals surface area contributed by atoms with Crippen molar-refractivity contribution in [3.63, 3.8) is 0 Å². The first kappa shape index (κ1) is 17.8. The zero-order chi connectivity index (χ0) is 18.6. The molecule has 4 rings (SSSR count). The van der Waals surface area contributed by atoms with Gasteiger partial charge >= 0.3 is 0 Å². The smallest absolute Gasteiger partial charge is 0.233 e. The Balaban J connectivity index is 1.42. The van der Waals surface area contributed by atoms with Crippen LogP contribution < -0.4 is 0 Å². The molecule has 136 valence electrons. The summed E-state index contributed by atoms with van der Waals surface area (Å²) in [6.45, 7) is 3.51. The molecule has 4 heteroatoms. The number of hydrogen-bond donors (Lipinski definition) is 0. The Morgan fingerprint density at radius 2 is 1.93 bits per heavy atom. The van der Waals surface area contributed by atoms with Crippen molar-refractivity contribution in [1.82, 2.24) is 9.88 Å². The maximum atomic E-state index is 12.6. The molecule has 3 aromatic rings. The van der Waals surface area contributed by atoms with E-state index in [0.717, 1.165) is 23.2 Å². The number of amides is 1. The number of hydrogen-bond acceptors (Lipinski definition) is 3. The van der Waals surface area contributed by atoms with Gasteiger partial charge in [-0.1, -0.05) is 48.0 Å². The number of benzene rings is 2. The van der Waals surface area contributed by atoms with Gasteiger partial charge in [0.05, 0.1) is 5.75 Å². The van der Waals surface area contributed by atoms with E-state index in [1.807, 2.05) is 23.4 Å². The number of nitrogens with zero attached hydrogens (tertiary/aromatic N) is 2. The van der Waals surface area contributed by atoms with Gasteiger partial charge in [0.1, 0.15) is 0 Å². The van der Waals surface area contributed by atoms with Gasteiger partial charge in [-0.05, 0) is 36.4 Å². The zero-order valence-electron chi connectivity index (χ0n) is 15.4. The van der Waals surface area contributed by atoms with Gasteiger partial charge in [-0.15, -0.1) is 11.8 Å². The van der Waals surface area contributed by atoms with Crippen molar-refractivity contribution < 1.29 is 4.79 Å². The van der Waals surface area contributed by atoms with E-state index < -0.39 is 0 Å². The van der Waals surface area contributed by atoms with Crippen molar-refractivity contribution >= 4 is 34.0 Å². The van der Waals surface area contributed by atoms with E-state index in [-0.39, 0.29) is 5.91 Å². The molecule has 0 fully saturated rings. The second kappa shape index (κ2) is 7.97. The summed E-state index contributed by atoms with van der Waals surface area (Å²) in [5.41, 5.74) is 3.71. The summed E-state index contributed by atoms with van der Waals surface area (Å²) in [5.74, 6) is 0.689. The Kier molecular flexibility index (Phi) is 5.26. The third kappa shape index (κ3) is 4.06. The molecule has 0 N–H and O–H groups in total. The summed E-state index contributed by atoms with van der Waals surface area (Å²) in [4.78, 5) is 20.0. The van der Waals surface area contributed by atoms with Crippen molar-refractivity contribution in [2.75, 3.05) is 18.8 Å². The summed E-state index contributed by atoms with van der Waals surface area (Å²) in [7, 11) is 0. The van der Waals surface area contributed by atoms with Crippen LogP contribution in [0.15, 0.2) is 71.9 Å². The maximum Gasteiger partial charge on any atom is 0.233 e. The van der Waals surface area contributed by atoms with E-state index in [4.69, 9.17) is 0 Å². The summed E-state index contributed by atoms with van der Waals surface area (Å²) >= 11 is 1.61. The van der Waals surface area contributed by atoms with E-state index >= 15 is 0 Å².